The highest BCUT2D eigenvalue weighted by molar-refractivity contribution is 9.10. The number of nitrogens with zero attached hydrogens (tertiary/aromatic N) is 1. The van der Waals surface area contributed by atoms with Crippen LogP contribution in [0.4, 0.5) is 5.69 Å². The molecule has 3 rings (SSSR count). The fourth-order valence-corrected chi connectivity index (χ4v) is 3.91. The Labute approximate surface area is 229 Å². The maximum Gasteiger partial charge on any atom is 0.252 e. The summed E-state index contributed by atoms with van der Waals surface area (Å²) in [6.45, 7) is 4.05. The summed E-state index contributed by atoms with van der Waals surface area (Å²) >= 11 is 9.74. The van der Waals surface area contributed by atoms with E-state index in [-0.39, 0.29) is 6.61 Å². The number of ether oxygens (including phenoxy) is 3. The molecule has 0 aromatic heterocycles. The van der Waals surface area contributed by atoms with E-state index in [1.165, 1.54) is 13.1 Å². The molecule has 3 aromatic carbocycles. The zero-order chi connectivity index (χ0) is 26.8. The Hall–Kier alpha value is -3.56. The summed E-state index contributed by atoms with van der Waals surface area (Å²) in [5, 5.41) is 7.30. The Bertz CT molecular complexity index is 1270. The molecule has 0 radical (unpaired) electrons. The van der Waals surface area contributed by atoms with Gasteiger partial charge in [-0.2, -0.15) is 5.10 Å². The molecule has 1 atom stereocenters. The lowest BCUT2D eigenvalue weighted by molar-refractivity contribution is -0.131. The molecule has 1 unspecified atom stereocenters. The van der Waals surface area contributed by atoms with Crippen molar-refractivity contribution in [3.8, 4) is 17.2 Å². The van der Waals surface area contributed by atoms with Gasteiger partial charge in [0.05, 0.1) is 24.4 Å². The first-order valence-electron chi connectivity index (χ1n) is 11.4. The molecule has 2 N–H and O–H groups in total. The molecule has 194 valence electrons. The Morgan fingerprint density at radius 1 is 1.08 bits per heavy atom. The summed E-state index contributed by atoms with van der Waals surface area (Å²) in [6.07, 6.45) is 1.46. The van der Waals surface area contributed by atoms with Gasteiger partial charge in [0.25, 0.3) is 5.91 Å². The monoisotopic (exact) mass is 587 g/mol. The summed E-state index contributed by atoms with van der Waals surface area (Å²) in [5.41, 5.74) is 4.45. The van der Waals surface area contributed by atoms with E-state index in [1.807, 2.05) is 25.1 Å². The number of carbonyl (C=O) groups excluding carboxylic acids is 2. The highest BCUT2D eigenvalue weighted by Crippen LogP contribution is 2.37. The van der Waals surface area contributed by atoms with Crippen molar-refractivity contribution in [2.75, 3.05) is 19.0 Å². The molecule has 0 bridgehead atoms. The quantitative estimate of drug-likeness (QED) is 0.167. The van der Waals surface area contributed by atoms with E-state index in [2.05, 4.69) is 31.8 Å². The topological polar surface area (TPSA) is 98.2 Å². The minimum atomic E-state index is -0.967. The van der Waals surface area contributed by atoms with E-state index < -0.39 is 17.7 Å². The number of amides is 2. The van der Waals surface area contributed by atoms with Crippen LogP contribution in [0.25, 0.3) is 0 Å². The number of carbonyl (C=O) groups is 2. The van der Waals surface area contributed by atoms with Crippen LogP contribution in [0.15, 0.2) is 70.2 Å². The highest BCUT2D eigenvalue weighted by Gasteiger charge is 2.21. The van der Waals surface area contributed by atoms with Crippen molar-refractivity contribution in [2.45, 2.75) is 20.5 Å². The van der Waals surface area contributed by atoms with E-state index in [4.69, 9.17) is 25.8 Å². The number of methoxy groups -OCH3 is 1. The number of rotatable bonds is 11. The number of benzene rings is 3. The molecule has 10 heteroatoms. The van der Waals surface area contributed by atoms with Crippen molar-refractivity contribution in [2.24, 2.45) is 11.0 Å². The first-order chi connectivity index (χ1) is 17.8. The molecule has 0 fully saturated rings. The molecule has 0 saturated heterocycles. The second kappa shape index (κ2) is 13.7. The molecule has 37 heavy (non-hydrogen) atoms. The predicted molar refractivity (Wildman–Crippen MR) is 148 cm³/mol. The fraction of sp³-hybridized carbons (Fsp3) is 0.222. The van der Waals surface area contributed by atoms with Gasteiger partial charge in [-0.15, -0.1) is 0 Å². The van der Waals surface area contributed by atoms with Gasteiger partial charge in [0.1, 0.15) is 18.3 Å². The molecule has 2 amide bonds. The molecular formula is C27H27BrClN3O5. The lowest BCUT2D eigenvalue weighted by atomic mass is 10.1. The van der Waals surface area contributed by atoms with Gasteiger partial charge >= 0.3 is 0 Å². The smallest absolute Gasteiger partial charge is 0.252 e. The van der Waals surface area contributed by atoms with Crippen LogP contribution in [0.2, 0.25) is 5.02 Å². The van der Waals surface area contributed by atoms with Gasteiger partial charge < -0.3 is 19.5 Å². The summed E-state index contributed by atoms with van der Waals surface area (Å²) in [5.74, 6) is -0.288. The first kappa shape index (κ1) is 28.0. The van der Waals surface area contributed by atoms with E-state index in [0.717, 1.165) is 5.56 Å². The molecule has 8 nitrogen and oxygen atoms in total. The second-order valence-corrected chi connectivity index (χ2v) is 9.08. The number of hydrazone groups is 1. The number of nitrogens with one attached hydrogen (secondary N) is 2. The molecule has 0 aliphatic carbocycles. The third-order valence-electron chi connectivity index (χ3n) is 5.19. The summed E-state index contributed by atoms with van der Waals surface area (Å²) in [6, 6.07) is 17.8. The lowest BCUT2D eigenvalue weighted by Gasteiger charge is -2.15. The van der Waals surface area contributed by atoms with Crippen LogP contribution >= 0.6 is 27.5 Å². The van der Waals surface area contributed by atoms with Crippen molar-refractivity contribution in [1.82, 2.24) is 5.43 Å². The number of anilines is 1. The van der Waals surface area contributed by atoms with Gasteiger partial charge in [0.2, 0.25) is 5.91 Å². The summed E-state index contributed by atoms with van der Waals surface area (Å²) < 4.78 is 17.5. The molecular weight excluding hydrogens is 562 g/mol. The normalized spacial score (nSPS) is 11.6. The van der Waals surface area contributed by atoms with E-state index in [0.29, 0.717) is 44.6 Å². The highest BCUT2D eigenvalue weighted by atomic mass is 79.9. The van der Waals surface area contributed by atoms with Gasteiger partial charge in [-0.25, -0.2) is 5.43 Å². The van der Waals surface area contributed by atoms with Crippen molar-refractivity contribution in [1.29, 1.82) is 0 Å². The predicted octanol–water partition coefficient (Wildman–Crippen LogP) is 5.81. The Balaban J connectivity index is 1.62. The van der Waals surface area contributed by atoms with Crippen molar-refractivity contribution in [3.63, 3.8) is 0 Å². The second-order valence-electron chi connectivity index (χ2n) is 7.82. The standard InChI is InChI=1S/C27H27BrClN3O5/c1-4-36-24-14-18(13-22(28)25(24)37-16-19-7-5-6-8-23(19)29)15-30-32-27(34)17(2)26(33)31-20-9-11-21(35-3)12-10-20/h5-15,17H,4,16H2,1-3H3,(H,31,33)(H,32,34). The summed E-state index contributed by atoms with van der Waals surface area (Å²) in [4.78, 5) is 24.9. The van der Waals surface area contributed by atoms with Crippen LogP contribution in [0.3, 0.4) is 0 Å². The SMILES string of the molecule is CCOc1cc(C=NNC(=O)C(C)C(=O)Nc2ccc(OC)cc2)cc(Br)c1OCc1ccccc1Cl. The van der Waals surface area contributed by atoms with E-state index in [9.17, 15) is 9.59 Å². The molecule has 0 aliphatic rings. The number of hydrogen-bond acceptors (Lipinski definition) is 6. The van der Waals surface area contributed by atoms with Crippen LogP contribution in [0, 0.1) is 5.92 Å². The Morgan fingerprint density at radius 3 is 2.49 bits per heavy atom. The van der Waals surface area contributed by atoms with Gasteiger partial charge in [-0.05, 0) is 77.8 Å². The van der Waals surface area contributed by atoms with Gasteiger partial charge in [0.15, 0.2) is 11.5 Å². The molecule has 0 saturated carbocycles. The lowest BCUT2D eigenvalue weighted by Crippen LogP contribution is -2.34. The van der Waals surface area contributed by atoms with Crippen LogP contribution in [0.5, 0.6) is 17.2 Å². The molecule has 0 heterocycles. The number of halogens is 2. The molecule has 0 aliphatic heterocycles. The van der Waals surface area contributed by atoms with E-state index >= 15 is 0 Å². The maximum atomic E-state index is 12.4. The van der Waals surface area contributed by atoms with Gasteiger partial charge in [0, 0.05) is 16.3 Å². The maximum absolute atomic E-state index is 12.4. The first-order valence-corrected chi connectivity index (χ1v) is 12.6. The molecule has 3 aromatic rings. The minimum Gasteiger partial charge on any atom is -0.497 e. The van der Waals surface area contributed by atoms with E-state index in [1.54, 1.807) is 49.6 Å². The largest absolute Gasteiger partial charge is 0.497 e. The minimum absolute atomic E-state index is 0.262. The van der Waals surface area contributed by atoms with Gasteiger partial charge in [-0.1, -0.05) is 29.8 Å². The summed E-state index contributed by atoms with van der Waals surface area (Å²) in [7, 11) is 1.56. The zero-order valence-electron chi connectivity index (χ0n) is 20.6. The van der Waals surface area contributed by atoms with Crippen LogP contribution < -0.4 is 25.0 Å². The number of hydrogen-bond donors (Lipinski definition) is 2. The molecule has 0 spiro atoms. The average Bonchev–Trinajstić information content (AvgIpc) is 2.89. The van der Waals surface area contributed by atoms with Crippen LogP contribution in [-0.4, -0.2) is 31.7 Å². The average molecular weight is 589 g/mol. The van der Waals surface area contributed by atoms with Gasteiger partial charge in [-0.3, -0.25) is 9.59 Å². The van der Waals surface area contributed by atoms with Crippen LogP contribution in [-0.2, 0) is 16.2 Å². The Kier molecular flexibility index (Phi) is 10.3. The van der Waals surface area contributed by atoms with Crippen LogP contribution in [0.1, 0.15) is 25.0 Å². The van der Waals surface area contributed by atoms with Crippen molar-refractivity contribution >= 4 is 51.2 Å². The van der Waals surface area contributed by atoms with Crippen molar-refractivity contribution in [3.05, 3.63) is 81.3 Å². The fourth-order valence-electron chi connectivity index (χ4n) is 3.14. The van der Waals surface area contributed by atoms with Crippen molar-refractivity contribution < 1.29 is 23.8 Å². The zero-order valence-corrected chi connectivity index (χ0v) is 22.9. The third-order valence-corrected chi connectivity index (χ3v) is 6.15. The Morgan fingerprint density at radius 2 is 1.81 bits per heavy atom. The third kappa shape index (κ3) is 7.96.